The summed E-state index contributed by atoms with van der Waals surface area (Å²) in [6.07, 6.45) is 0.880. The van der Waals surface area contributed by atoms with Crippen molar-refractivity contribution in [3.8, 4) is 0 Å². The minimum absolute atomic E-state index is 0.219. The average molecular weight is 278 g/mol. The van der Waals surface area contributed by atoms with E-state index >= 15 is 0 Å². The van der Waals surface area contributed by atoms with E-state index in [0.717, 1.165) is 28.6 Å². The fourth-order valence-corrected chi connectivity index (χ4v) is 3.20. The number of rotatable bonds is 3. The van der Waals surface area contributed by atoms with Crippen LogP contribution in [0.1, 0.15) is 25.2 Å². The topological polar surface area (TPSA) is 42.8 Å². The maximum Gasteiger partial charge on any atom is 0.184 e. The Morgan fingerprint density at radius 3 is 2.95 bits per heavy atom. The second-order valence-corrected chi connectivity index (χ2v) is 5.64. The van der Waals surface area contributed by atoms with E-state index in [0.29, 0.717) is 19.3 Å². The van der Waals surface area contributed by atoms with Crippen molar-refractivity contribution in [1.29, 1.82) is 0 Å². The Morgan fingerprint density at radius 1 is 1.37 bits per heavy atom. The highest BCUT2D eigenvalue weighted by Crippen LogP contribution is 2.27. The molecule has 102 valence electrons. The molecular formula is C14H18N2O2S. The number of amidine groups is 1. The Morgan fingerprint density at radius 2 is 2.21 bits per heavy atom. The van der Waals surface area contributed by atoms with Crippen molar-refractivity contribution >= 4 is 22.6 Å². The van der Waals surface area contributed by atoms with Gasteiger partial charge in [0.25, 0.3) is 0 Å². The summed E-state index contributed by atoms with van der Waals surface area (Å²) in [5, 5.41) is 4.38. The SMILES string of the molecule is CCC1CSC(Nc2cccc(C3OCCO3)c2)=N1. The highest BCUT2D eigenvalue weighted by Gasteiger charge is 2.19. The Hall–Kier alpha value is -1.04. The van der Waals surface area contributed by atoms with Crippen molar-refractivity contribution in [3.05, 3.63) is 29.8 Å². The molecular weight excluding hydrogens is 260 g/mol. The molecule has 1 fully saturated rings. The van der Waals surface area contributed by atoms with Crippen molar-refractivity contribution < 1.29 is 9.47 Å². The van der Waals surface area contributed by atoms with E-state index in [1.807, 2.05) is 18.2 Å². The lowest BCUT2D eigenvalue weighted by atomic mass is 10.2. The first-order valence-corrected chi connectivity index (χ1v) is 7.64. The van der Waals surface area contributed by atoms with Gasteiger partial charge in [-0.25, -0.2) is 0 Å². The van der Waals surface area contributed by atoms with Crippen molar-refractivity contribution in [2.45, 2.75) is 25.7 Å². The Bertz CT molecular complexity index is 472. The van der Waals surface area contributed by atoms with Crippen LogP contribution >= 0.6 is 11.8 Å². The van der Waals surface area contributed by atoms with Gasteiger partial charge in [-0.2, -0.15) is 0 Å². The van der Waals surface area contributed by atoms with E-state index in [1.54, 1.807) is 11.8 Å². The molecule has 4 nitrogen and oxygen atoms in total. The number of anilines is 1. The van der Waals surface area contributed by atoms with Crippen LogP contribution in [-0.4, -0.2) is 30.2 Å². The molecule has 5 heteroatoms. The van der Waals surface area contributed by atoms with Crippen LogP contribution in [0.3, 0.4) is 0 Å². The second-order valence-electron chi connectivity index (χ2n) is 4.63. The molecule has 1 aromatic carbocycles. The van der Waals surface area contributed by atoms with Crippen LogP contribution in [0.2, 0.25) is 0 Å². The monoisotopic (exact) mass is 278 g/mol. The summed E-state index contributed by atoms with van der Waals surface area (Å²) in [7, 11) is 0. The van der Waals surface area contributed by atoms with Gasteiger partial charge in [-0.3, -0.25) is 4.99 Å². The predicted octanol–water partition coefficient (Wildman–Crippen LogP) is 3.03. The number of aliphatic imine (C=N–C) groups is 1. The molecule has 2 heterocycles. The third-order valence-corrected chi connectivity index (χ3v) is 4.25. The summed E-state index contributed by atoms with van der Waals surface area (Å²) in [5.74, 6) is 1.08. The molecule has 0 bridgehead atoms. The lowest BCUT2D eigenvalue weighted by Crippen LogP contribution is -2.06. The van der Waals surface area contributed by atoms with Gasteiger partial charge in [-0.15, -0.1) is 0 Å². The van der Waals surface area contributed by atoms with Crippen molar-refractivity contribution in [3.63, 3.8) is 0 Å². The smallest absolute Gasteiger partial charge is 0.184 e. The number of ether oxygens (including phenoxy) is 2. The third-order valence-electron chi connectivity index (χ3n) is 3.22. The average Bonchev–Trinajstić information content (AvgIpc) is 3.10. The normalized spacial score (nSPS) is 23.6. The van der Waals surface area contributed by atoms with Crippen molar-refractivity contribution in [1.82, 2.24) is 0 Å². The lowest BCUT2D eigenvalue weighted by Gasteiger charge is -2.11. The number of nitrogens with zero attached hydrogens (tertiary/aromatic N) is 1. The lowest BCUT2D eigenvalue weighted by molar-refractivity contribution is -0.0440. The molecule has 0 aliphatic carbocycles. The zero-order valence-corrected chi connectivity index (χ0v) is 11.8. The summed E-state index contributed by atoms with van der Waals surface area (Å²) >= 11 is 1.78. The molecule has 1 aromatic rings. The van der Waals surface area contributed by atoms with E-state index in [2.05, 4.69) is 23.3 Å². The summed E-state index contributed by atoms with van der Waals surface area (Å²) in [4.78, 5) is 4.64. The minimum atomic E-state index is -0.219. The molecule has 1 atom stereocenters. The van der Waals surface area contributed by atoms with E-state index < -0.39 is 0 Å². The fraction of sp³-hybridized carbons (Fsp3) is 0.500. The van der Waals surface area contributed by atoms with Gasteiger partial charge in [0.1, 0.15) is 0 Å². The van der Waals surface area contributed by atoms with Gasteiger partial charge >= 0.3 is 0 Å². The Labute approximate surface area is 117 Å². The molecule has 1 N–H and O–H groups in total. The van der Waals surface area contributed by atoms with Gasteiger partial charge in [-0.1, -0.05) is 30.8 Å². The molecule has 2 aliphatic rings. The van der Waals surface area contributed by atoms with Gasteiger partial charge in [0.2, 0.25) is 0 Å². The van der Waals surface area contributed by atoms with Gasteiger partial charge in [0.05, 0.1) is 19.3 Å². The van der Waals surface area contributed by atoms with Crippen molar-refractivity contribution in [2.24, 2.45) is 4.99 Å². The number of nitrogens with one attached hydrogen (secondary N) is 1. The summed E-state index contributed by atoms with van der Waals surface area (Å²) in [6, 6.07) is 8.61. The molecule has 0 radical (unpaired) electrons. The van der Waals surface area contributed by atoms with Gasteiger partial charge in [0, 0.05) is 17.0 Å². The largest absolute Gasteiger partial charge is 0.346 e. The van der Waals surface area contributed by atoms with Gasteiger partial charge in [0.15, 0.2) is 11.5 Å². The molecule has 0 spiro atoms. The molecule has 2 aliphatic heterocycles. The quantitative estimate of drug-likeness (QED) is 0.923. The van der Waals surface area contributed by atoms with E-state index in [-0.39, 0.29) is 6.29 Å². The molecule has 0 amide bonds. The highest BCUT2D eigenvalue weighted by atomic mass is 32.2. The van der Waals surface area contributed by atoms with Gasteiger partial charge in [-0.05, 0) is 18.6 Å². The number of hydrogen-bond acceptors (Lipinski definition) is 5. The summed E-state index contributed by atoms with van der Waals surface area (Å²) in [5.41, 5.74) is 2.10. The molecule has 1 saturated heterocycles. The van der Waals surface area contributed by atoms with Crippen LogP contribution in [0, 0.1) is 0 Å². The summed E-state index contributed by atoms with van der Waals surface area (Å²) in [6.45, 7) is 3.51. The predicted molar refractivity (Wildman–Crippen MR) is 78.7 cm³/mol. The van der Waals surface area contributed by atoms with Crippen LogP contribution in [0.4, 0.5) is 5.69 Å². The van der Waals surface area contributed by atoms with E-state index in [1.165, 1.54) is 0 Å². The number of hydrogen-bond donors (Lipinski definition) is 1. The van der Waals surface area contributed by atoms with E-state index in [9.17, 15) is 0 Å². The molecule has 1 unspecified atom stereocenters. The van der Waals surface area contributed by atoms with Crippen molar-refractivity contribution in [2.75, 3.05) is 24.3 Å². The number of thioether (sulfide) groups is 1. The van der Waals surface area contributed by atoms with Crippen LogP contribution in [0.25, 0.3) is 0 Å². The first-order chi connectivity index (χ1) is 9.35. The minimum Gasteiger partial charge on any atom is -0.346 e. The molecule has 0 saturated carbocycles. The van der Waals surface area contributed by atoms with Gasteiger partial charge < -0.3 is 14.8 Å². The Kier molecular flexibility index (Phi) is 4.06. The molecule has 19 heavy (non-hydrogen) atoms. The number of benzene rings is 1. The van der Waals surface area contributed by atoms with Crippen LogP contribution in [0.5, 0.6) is 0 Å². The zero-order chi connectivity index (χ0) is 13.1. The standard InChI is InChI=1S/C14H18N2O2S/c1-2-11-9-19-14(15-11)16-12-5-3-4-10(8-12)13-17-6-7-18-13/h3-5,8,11,13H,2,6-7,9H2,1H3,(H,15,16). The van der Waals surface area contributed by atoms with Crippen LogP contribution in [0.15, 0.2) is 29.3 Å². The molecule has 0 aromatic heterocycles. The molecule has 3 rings (SSSR count). The third kappa shape index (κ3) is 3.11. The second kappa shape index (κ2) is 5.94. The maximum absolute atomic E-state index is 5.51. The first kappa shape index (κ1) is 13.0. The van der Waals surface area contributed by atoms with E-state index in [4.69, 9.17) is 9.47 Å². The van der Waals surface area contributed by atoms with Crippen LogP contribution in [-0.2, 0) is 9.47 Å². The zero-order valence-electron chi connectivity index (χ0n) is 11.0. The highest BCUT2D eigenvalue weighted by molar-refractivity contribution is 8.14. The fourth-order valence-electron chi connectivity index (χ4n) is 2.13. The van der Waals surface area contributed by atoms with Crippen LogP contribution < -0.4 is 5.32 Å². The first-order valence-electron chi connectivity index (χ1n) is 6.66. The Balaban J connectivity index is 1.69. The maximum atomic E-state index is 5.51. The summed E-state index contributed by atoms with van der Waals surface area (Å²) < 4.78 is 11.0.